The second kappa shape index (κ2) is 4.64. The molecule has 0 aromatic heterocycles. The molecular weight excluding hydrogens is 254 g/mol. The molecule has 0 unspecified atom stereocenters. The third kappa shape index (κ3) is 1.90. The Morgan fingerprint density at radius 1 is 1.20 bits per heavy atom. The van der Waals surface area contributed by atoms with E-state index < -0.39 is 5.60 Å². The van der Waals surface area contributed by atoms with Gasteiger partial charge in [-0.2, -0.15) is 0 Å². The van der Waals surface area contributed by atoms with E-state index in [-0.39, 0.29) is 23.5 Å². The molecule has 0 heterocycles. The second-order valence-electron chi connectivity index (χ2n) is 6.60. The van der Waals surface area contributed by atoms with E-state index >= 15 is 0 Å². The highest BCUT2D eigenvalue weighted by Gasteiger charge is 2.58. The Morgan fingerprint density at radius 2 is 1.95 bits per heavy atom. The van der Waals surface area contributed by atoms with Crippen molar-refractivity contribution in [3.63, 3.8) is 0 Å². The monoisotopic (exact) mass is 277 g/mol. The average Bonchev–Trinajstić information content (AvgIpc) is 2.95. The summed E-state index contributed by atoms with van der Waals surface area (Å²) in [6.07, 6.45) is 3.21. The van der Waals surface area contributed by atoms with E-state index in [2.05, 4.69) is 19.2 Å². The van der Waals surface area contributed by atoms with Gasteiger partial charge in [-0.05, 0) is 48.8 Å². The van der Waals surface area contributed by atoms with E-state index in [1.54, 1.807) is 6.07 Å². The summed E-state index contributed by atoms with van der Waals surface area (Å²) in [5.41, 5.74) is -0.239. The standard InChI is InChI=1S/C16H23NO3/c1-9(2)17-15-10-3-4-11(7-10)16(15,20)12-5-6-13(18)14(19)8-12/h5-6,8-11,15,17-20H,3-4,7H2,1-2H3/t10-,11+,15-,16-/m0/s1. The lowest BCUT2D eigenvalue weighted by atomic mass is 9.75. The van der Waals surface area contributed by atoms with Crippen molar-refractivity contribution in [2.45, 2.75) is 50.8 Å². The quantitative estimate of drug-likeness (QED) is 0.638. The van der Waals surface area contributed by atoms with Crippen molar-refractivity contribution in [2.24, 2.45) is 11.8 Å². The molecule has 0 amide bonds. The molecule has 0 aliphatic heterocycles. The molecule has 2 aliphatic rings. The maximum atomic E-state index is 11.3. The summed E-state index contributed by atoms with van der Waals surface area (Å²) in [6.45, 7) is 4.17. The van der Waals surface area contributed by atoms with Gasteiger partial charge in [-0.15, -0.1) is 0 Å². The molecule has 2 aliphatic carbocycles. The number of rotatable bonds is 3. The van der Waals surface area contributed by atoms with E-state index in [0.29, 0.717) is 17.5 Å². The van der Waals surface area contributed by atoms with Gasteiger partial charge >= 0.3 is 0 Å². The minimum atomic E-state index is -0.946. The summed E-state index contributed by atoms with van der Waals surface area (Å²) in [5.74, 6) is 0.409. The summed E-state index contributed by atoms with van der Waals surface area (Å²) in [7, 11) is 0. The first-order valence-electron chi connectivity index (χ1n) is 7.43. The van der Waals surface area contributed by atoms with Gasteiger partial charge in [0.15, 0.2) is 11.5 Å². The SMILES string of the molecule is CC(C)N[C@H]1[C@H]2CC[C@H](C2)[C@]1(O)c1ccc(O)c(O)c1. The summed E-state index contributed by atoms with van der Waals surface area (Å²) in [5, 5.41) is 34.0. The van der Waals surface area contributed by atoms with Crippen molar-refractivity contribution in [1.82, 2.24) is 5.32 Å². The van der Waals surface area contributed by atoms with E-state index in [1.807, 2.05) is 0 Å². The average molecular weight is 277 g/mol. The number of hydrogen-bond donors (Lipinski definition) is 4. The number of nitrogens with one attached hydrogen (secondary N) is 1. The molecule has 0 radical (unpaired) electrons. The van der Waals surface area contributed by atoms with Crippen LogP contribution in [0.25, 0.3) is 0 Å². The molecule has 4 N–H and O–H groups in total. The minimum absolute atomic E-state index is 0.0187. The zero-order valence-corrected chi connectivity index (χ0v) is 12.0. The number of phenolic OH excluding ortho intramolecular Hbond substituents is 2. The second-order valence-corrected chi connectivity index (χ2v) is 6.60. The molecule has 1 aromatic rings. The Bertz CT molecular complexity index is 516. The van der Waals surface area contributed by atoms with Gasteiger partial charge in [0.1, 0.15) is 5.60 Å². The predicted octanol–water partition coefficient (Wildman–Crippen LogP) is 2.08. The van der Waals surface area contributed by atoms with Crippen LogP contribution in [0.3, 0.4) is 0 Å². The molecule has 4 heteroatoms. The molecule has 20 heavy (non-hydrogen) atoms. The van der Waals surface area contributed by atoms with Crippen LogP contribution in [0.1, 0.15) is 38.7 Å². The summed E-state index contributed by atoms with van der Waals surface area (Å²) < 4.78 is 0. The van der Waals surface area contributed by atoms with Gasteiger partial charge in [-0.1, -0.05) is 19.9 Å². The molecule has 2 bridgehead atoms. The van der Waals surface area contributed by atoms with Crippen LogP contribution in [0.4, 0.5) is 0 Å². The van der Waals surface area contributed by atoms with Crippen molar-refractivity contribution in [3.05, 3.63) is 23.8 Å². The van der Waals surface area contributed by atoms with Gasteiger partial charge in [0.25, 0.3) is 0 Å². The van der Waals surface area contributed by atoms with Gasteiger partial charge in [0.05, 0.1) is 0 Å². The molecule has 2 fully saturated rings. The molecular formula is C16H23NO3. The van der Waals surface area contributed by atoms with Crippen LogP contribution < -0.4 is 5.32 Å². The Labute approximate surface area is 119 Å². The Hall–Kier alpha value is -1.26. The molecule has 2 saturated carbocycles. The van der Waals surface area contributed by atoms with Gasteiger partial charge in [-0.25, -0.2) is 0 Å². The Morgan fingerprint density at radius 3 is 2.60 bits per heavy atom. The topological polar surface area (TPSA) is 72.7 Å². The number of aromatic hydroxyl groups is 2. The first kappa shape index (κ1) is 13.7. The van der Waals surface area contributed by atoms with Crippen LogP contribution in [-0.2, 0) is 5.60 Å². The fourth-order valence-electron chi connectivity index (χ4n) is 4.14. The van der Waals surface area contributed by atoms with E-state index in [0.717, 1.165) is 19.3 Å². The third-order valence-electron chi connectivity index (χ3n) is 4.99. The summed E-state index contributed by atoms with van der Waals surface area (Å²) in [4.78, 5) is 0. The molecule has 0 saturated heterocycles. The van der Waals surface area contributed by atoms with Crippen LogP contribution >= 0.6 is 0 Å². The first-order valence-corrected chi connectivity index (χ1v) is 7.43. The number of phenols is 2. The van der Waals surface area contributed by atoms with Gasteiger partial charge in [0, 0.05) is 12.1 Å². The Kier molecular flexibility index (Phi) is 3.18. The molecule has 3 rings (SSSR count). The third-order valence-corrected chi connectivity index (χ3v) is 4.99. The fourth-order valence-corrected chi connectivity index (χ4v) is 4.14. The zero-order chi connectivity index (χ0) is 14.5. The highest BCUT2D eigenvalue weighted by molar-refractivity contribution is 5.44. The molecule has 4 atom stereocenters. The molecule has 4 nitrogen and oxygen atoms in total. The van der Waals surface area contributed by atoms with Crippen molar-refractivity contribution < 1.29 is 15.3 Å². The normalized spacial score (nSPS) is 35.9. The van der Waals surface area contributed by atoms with Gasteiger partial charge in [-0.3, -0.25) is 0 Å². The van der Waals surface area contributed by atoms with Gasteiger partial charge in [0.2, 0.25) is 0 Å². The van der Waals surface area contributed by atoms with E-state index in [1.165, 1.54) is 12.1 Å². The molecule has 110 valence electrons. The summed E-state index contributed by atoms with van der Waals surface area (Å²) >= 11 is 0. The maximum Gasteiger partial charge on any atom is 0.157 e. The van der Waals surface area contributed by atoms with Crippen LogP contribution in [0.15, 0.2) is 18.2 Å². The molecule has 1 aromatic carbocycles. The number of benzene rings is 1. The van der Waals surface area contributed by atoms with Crippen molar-refractivity contribution in [1.29, 1.82) is 0 Å². The van der Waals surface area contributed by atoms with E-state index in [9.17, 15) is 15.3 Å². The lowest BCUT2D eigenvalue weighted by Gasteiger charge is -2.41. The zero-order valence-electron chi connectivity index (χ0n) is 12.0. The first-order chi connectivity index (χ1) is 9.42. The fraction of sp³-hybridized carbons (Fsp3) is 0.625. The predicted molar refractivity (Wildman–Crippen MR) is 76.6 cm³/mol. The summed E-state index contributed by atoms with van der Waals surface area (Å²) in [6, 6.07) is 5.01. The lowest BCUT2D eigenvalue weighted by Crippen LogP contribution is -2.54. The minimum Gasteiger partial charge on any atom is -0.504 e. The van der Waals surface area contributed by atoms with Crippen LogP contribution in [0, 0.1) is 11.8 Å². The maximum absolute atomic E-state index is 11.3. The van der Waals surface area contributed by atoms with E-state index in [4.69, 9.17) is 0 Å². The van der Waals surface area contributed by atoms with Crippen molar-refractivity contribution in [3.8, 4) is 11.5 Å². The highest BCUT2D eigenvalue weighted by atomic mass is 16.3. The largest absolute Gasteiger partial charge is 0.504 e. The molecule has 0 spiro atoms. The van der Waals surface area contributed by atoms with Gasteiger partial charge < -0.3 is 20.6 Å². The smallest absolute Gasteiger partial charge is 0.157 e. The van der Waals surface area contributed by atoms with Crippen LogP contribution in [0.2, 0.25) is 0 Å². The van der Waals surface area contributed by atoms with Crippen molar-refractivity contribution in [2.75, 3.05) is 0 Å². The van der Waals surface area contributed by atoms with Crippen LogP contribution in [0.5, 0.6) is 11.5 Å². The number of hydrogen-bond acceptors (Lipinski definition) is 4. The lowest BCUT2D eigenvalue weighted by molar-refractivity contribution is -0.0484. The number of aliphatic hydroxyl groups is 1. The highest BCUT2D eigenvalue weighted by Crippen LogP contribution is 2.56. The van der Waals surface area contributed by atoms with Crippen LogP contribution in [-0.4, -0.2) is 27.4 Å². The number of fused-ring (bicyclic) bond motifs is 2. The Balaban J connectivity index is 2.00. The van der Waals surface area contributed by atoms with Crippen molar-refractivity contribution >= 4 is 0 Å².